The average Bonchev–Trinajstić information content (AvgIpc) is 3.62. The number of rotatable bonds is 3. The molecule has 2 spiro atoms. The van der Waals surface area contributed by atoms with Crippen LogP contribution < -0.4 is 10.1 Å². The largest absolute Gasteiger partial charge is 0.425 e. The Kier molecular flexibility index (Phi) is 4.83. The number of fused-ring (bicyclic) bond motifs is 7. The van der Waals surface area contributed by atoms with Crippen molar-refractivity contribution in [2.45, 2.75) is 27.8 Å². The van der Waals surface area contributed by atoms with Gasteiger partial charge in [0.25, 0.3) is 11.6 Å². The molecule has 2 saturated heterocycles. The first kappa shape index (κ1) is 22.8. The van der Waals surface area contributed by atoms with Crippen molar-refractivity contribution in [2.24, 2.45) is 0 Å². The van der Waals surface area contributed by atoms with Gasteiger partial charge in [-0.25, -0.2) is 0 Å². The Labute approximate surface area is 220 Å². The molecule has 0 radical (unpaired) electrons. The van der Waals surface area contributed by atoms with Crippen molar-refractivity contribution in [3.05, 3.63) is 93.5 Å². The molecule has 7 rings (SSSR count). The van der Waals surface area contributed by atoms with Gasteiger partial charge in [-0.1, -0.05) is 30.3 Å². The Hall–Kier alpha value is -3.34. The Morgan fingerprint density at radius 1 is 1.11 bits per heavy atom. The van der Waals surface area contributed by atoms with Gasteiger partial charge in [0.1, 0.15) is 11.2 Å². The molecule has 3 aromatic rings. The number of carbonyl (C=O) groups is 2. The van der Waals surface area contributed by atoms with Gasteiger partial charge in [0.15, 0.2) is 5.54 Å². The van der Waals surface area contributed by atoms with Crippen molar-refractivity contribution in [1.82, 2.24) is 4.90 Å². The highest BCUT2D eigenvalue weighted by Gasteiger charge is 2.81. The van der Waals surface area contributed by atoms with Crippen LogP contribution in [0.15, 0.2) is 71.6 Å². The van der Waals surface area contributed by atoms with Crippen LogP contribution >= 0.6 is 23.5 Å². The predicted octanol–water partition coefficient (Wildman–Crippen LogP) is 4.49. The first-order valence-electron chi connectivity index (χ1n) is 11.8. The van der Waals surface area contributed by atoms with Crippen LogP contribution in [-0.4, -0.2) is 45.6 Å². The maximum atomic E-state index is 14.4. The van der Waals surface area contributed by atoms with Crippen LogP contribution in [0.25, 0.3) is 0 Å². The van der Waals surface area contributed by atoms with E-state index >= 15 is 0 Å². The summed E-state index contributed by atoms with van der Waals surface area (Å²) in [6.45, 7) is 0. The Bertz CT molecular complexity index is 1510. The molecule has 0 bridgehead atoms. The highest BCUT2D eigenvalue weighted by molar-refractivity contribution is 7.99. The number of amides is 1. The number of nitro groups is 1. The number of nitrogens with one attached hydrogen (secondary N) is 1. The fourth-order valence-corrected chi connectivity index (χ4v) is 8.69. The number of esters is 1. The number of hydrogen-bond acceptors (Lipinski definition) is 8. The zero-order valence-electron chi connectivity index (χ0n) is 19.7. The van der Waals surface area contributed by atoms with Crippen LogP contribution in [0.5, 0.6) is 5.75 Å². The number of benzene rings is 3. The Balaban J connectivity index is 1.60. The van der Waals surface area contributed by atoms with Crippen molar-refractivity contribution < 1.29 is 19.2 Å². The number of para-hydroxylation sites is 1. The molecule has 3 aromatic carbocycles. The highest BCUT2D eigenvalue weighted by Crippen LogP contribution is 2.70. The van der Waals surface area contributed by atoms with E-state index in [-0.39, 0.29) is 17.6 Å². The number of ether oxygens (including phenoxy) is 1. The summed E-state index contributed by atoms with van der Waals surface area (Å²) < 4.78 is 5.94. The second-order valence-corrected chi connectivity index (χ2v) is 11.5. The third-order valence-electron chi connectivity index (χ3n) is 8.26. The molecule has 10 heteroatoms. The maximum Gasteiger partial charge on any atom is 0.325 e. The number of hydrogen-bond donors (Lipinski definition) is 1. The molecule has 37 heavy (non-hydrogen) atoms. The molecule has 4 aliphatic heterocycles. The number of non-ortho nitro benzene ring substituents is 1. The van der Waals surface area contributed by atoms with Gasteiger partial charge >= 0.3 is 5.97 Å². The first-order chi connectivity index (χ1) is 17.9. The summed E-state index contributed by atoms with van der Waals surface area (Å²) in [5, 5.41) is 14.8. The minimum absolute atomic E-state index is 0.124. The molecule has 186 valence electrons. The van der Waals surface area contributed by atoms with Crippen LogP contribution in [0.2, 0.25) is 0 Å². The molecular weight excluding hydrogens is 510 g/mol. The third kappa shape index (κ3) is 2.65. The minimum Gasteiger partial charge on any atom is -0.425 e. The monoisotopic (exact) mass is 531 g/mol. The van der Waals surface area contributed by atoms with E-state index in [0.29, 0.717) is 34.2 Å². The van der Waals surface area contributed by atoms with Crippen molar-refractivity contribution in [3.63, 3.8) is 0 Å². The lowest BCUT2D eigenvalue weighted by Crippen LogP contribution is -2.61. The maximum absolute atomic E-state index is 14.4. The van der Waals surface area contributed by atoms with Crippen molar-refractivity contribution in [2.75, 3.05) is 23.2 Å². The van der Waals surface area contributed by atoms with Crippen LogP contribution in [-0.2, 0) is 20.5 Å². The van der Waals surface area contributed by atoms with E-state index in [1.54, 1.807) is 41.7 Å². The van der Waals surface area contributed by atoms with Crippen LogP contribution in [0, 0.1) is 10.1 Å². The van der Waals surface area contributed by atoms with Gasteiger partial charge in [-0.05, 0) is 36.1 Å². The zero-order chi connectivity index (χ0) is 25.5. The predicted molar refractivity (Wildman–Crippen MR) is 141 cm³/mol. The van der Waals surface area contributed by atoms with E-state index in [9.17, 15) is 19.7 Å². The fraction of sp³-hybridized carbons (Fsp3) is 0.259. The van der Waals surface area contributed by atoms with E-state index in [2.05, 4.69) is 10.2 Å². The Morgan fingerprint density at radius 3 is 2.65 bits per heavy atom. The summed E-state index contributed by atoms with van der Waals surface area (Å²) in [7, 11) is 0. The molecule has 0 aromatic heterocycles. The molecule has 4 atom stereocenters. The standard InChI is InChI=1S/C27H21N3O5S2/c1-36-17-9-6-15(7-10-17)23-21-13-37-14-29(21)27(26(23)18-4-2-3-5-22(18)35-25(26)32)19-12-16(30(33)34)8-11-20(19)28-24(27)31/h2-12,21,23H,13-14H2,1H3,(H,28,31)/t21-,23-,26-,27-/m1/s1. The molecular formula is C27H21N3O5S2. The fourth-order valence-electron chi connectivity index (χ4n) is 6.98. The highest BCUT2D eigenvalue weighted by atomic mass is 32.2. The van der Waals surface area contributed by atoms with Gasteiger partial charge in [0.2, 0.25) is 0 Å². The number of anilines is 1. The van der Waals surface area contributed by atoms with Crippen LogP contribution in [0.4, 0.5) is 11.4 Å². The van der Waals surface area contributed by atoms with E-state index in [0.717, 1.165) is 10.5 Å². The first-order valence-corrected chi connectivity index (χ1v) is 14.2. The molecule has 1 amide bonds. The number of carbonyl (C=O) groups excluding carboxylic acids is 2. The van der Waals surface area contributed by atoms with E-state index < -0.39 is 27.8 Å². The lowest BCUT2D eigenvalue weighted by Gasteiger charge is -2.42. The van der Waals surface area contributed by atoms with Crippen molar-refractivity contribution in [3.8, 4) is 5.75 Å². The number of thioether (sulfide) groups is 2. The van der Waals surface area contributed by atoms with Crippen molar-refractivity contribution >= 4 is 46.8 Å². The second-order valence-electron chi connectivity index (χ2n) is 9.63. The molecule has 0 saturated carbocycles. The normalized spacial score (nSPS) is 29.3. The summed E-state index contributed by atoms with van der Waals surface area (Å²) >= 11 is 3.33. The molecule has 2 fully saturated rings. The molecule has 4 aliphatic rings. The molecule has 1 N–H and O–H groups in total. The lowest BCUT2D eigenvalue weighted by atomic mass is 9.57. The van der Waals surface area contributed by atoms with Gasteiger partial charge in [0, 0.05) is 57.4 Å². The van der Waals surface area contributed by atoms with Gasteiger partial charge in [-0.3, -0.25) is 24.6 Å². The Morgan fingerprint density at radius 2 is 1.89 bits per heavy atom. The van der Waals surface area contributed by atoms with E-state index in [4.69, 9.17) is 4.74 Å². The van der Waals surface area contributed by atoms with Gasteiger partial charge in [0.05, 0.1) is 4.92 Å². The van der Waals surface area contributed by atoms with Gasteiger partial charge < -0.3 is 10.1 Å². The van der Waals surface area contributed by atoms with Crippen LogP contribution in [0.3, 0.4) is 0 Å². The van der Waals surface area contributed by atoms with E-state index in [1.807, 2.05) is 42.7 Å². The number of nitro benzene ring substituents is 1. The summed E-state index contributed by atoms with van der Waals surface area (Å²) in [6.07, 6.45) is 2.01. The number of nitrogens with zero attached hydrogens (tertiary/aromatic N) is 2. The van der Waals surface area contributed by atoms with E-state index in [1.165, 1.54) is 12.1 Å². The SMILES string of the molecule is CSc1ccc([C@@H]2[C@H]3CSCN3[C@]3(C(=O)Nc4ccc([N+](=O)[O-])cc43)[C@@]23C(=O)Oc2ccccc23)cc1. The minimum atomic E-state index is -1.50. The summed E-state index contributed by atoms with van der Waals surface area (Å²) in [5.74, 6) is 0.389. The van der Waals surface area contributed by atoms with Crippen LogP contribution in [0.1, 0.15) is 22.6 Å². The summed E-state index contributed by atoms with van der Waals surface area (Å²) in [6, 6.07) is 19.7. The van der Waals surface area contributed by atoms with Crippen molar-refractivity contribution in [1.29, 1.82) is 0 Å². The second kappa shape index (κ2) is 7.83. The smallest absolute Gasteiger partial charge is 0.325 e. The van der Waals surface area contributed by atoms with Gasteiger partial charge in [-0.2, -0.15) is 0 Å². The zero-order valence-corrected chi connectivity index (χ0v) is 21.3. The summed E-state index contributed by atoms with van der Waals surface area (Å²) in [4.78, 5) is 43.2. The third-order valence-corrected chi connectivity index (χ3v) is 10.0. The van der Waals surface area contributed by atoms with Gasteiger partial charge in [-0.15, -0.1) is 23.5 Å². The topological polar surface area (TPSA) is 102 Å². The molecule has 4 heterocycles. The molecule has 0 unspecified atom stereocenters. The summed E-state index contributed by atoms with van der Waals surface area (Å²) in [5.41, 5.74) is -0.534. The quantitative estimate of drug-likeness (QED) is 0.173. The molecule has 8 nitrogen and oxygen atoms in total. The lowest BCUT2D eigenvalue weighted by molar-refractivity contribution is -0.385. The average molecular weight is 532 g/mol. The molecule has 0 aliphatic carbocycles.